The second-order valence-corrected chi connectivity index (χ2v) is 8.87. The first kappa shape index (κ1) is 19.1. The largest absolute Gasteiger partial charge is 0.497 e. The molecule has 28 heavy (non-hydrogen) atoms. The zero-order valence-electron chi connectivity index (χ0n) is 16.1. The van der Waals surface area contributed by atoms with Crippen LogP contribution in [-0.4, -0.2) is 62.6 Å². The number of morpholine rings is 1. The van der Waals surface area contributed by atoms with Gasteiger partial charge in [0.1, 0.15) is 5.75 Å². The van der Waals surface area contributed by atoms with Gasteiger partial charge in [-0.15, -0.1) is 0 Å². The van der Waals surface area contributed by atoms with Gasteiger partial charge in [0.25, 0.3) is 0 Å². The number of fused-ring (bicyclic) bond motifs is 1. The predicted molar refractivity (Wildman–Crippen MR) is 104 cm³/mol. The van der Waals surface area contributed by atoms with Gasteiger partial charge >= 0.3 is 0 Å². The van der Waals surface area contributed by atoms with Gasteiger partial charge in [-0.3, -0.25) is 0 Å². The van der Waals surface area contributed by atoms with Crippen molar-refractivity contribution in [2.45, 2.75) is 24.8 Å². The van der Waals surface area contributed by atoms with E-state index >= 15 is 0 Å². The molecule has 0 spiro atoms. The highest BCUT2D eigenvalue weighted by Gasteiger charge is 2.31. The molecule has 150 valence electrons. The van der Waals surface area contributed by atoms with Crippen LogP contribution in [0.1, 0.15) is 16.8 Å². The van der Waals surface area contributed by atoms with Crippen molar-refractivity contribution in [3.8, 4) is 5.75 Å². The summed E-state index contributed by atoms with van der Waals surface area (Å²) in [6, 6.07) is 5.03. The lowest BCUT2D eigenvalue weighted by Gasteiger charge is -2.30. The number of benzene rings is 1. The molecule has 1 saturated heterocycles. The Hall–Kier alpha value is -2.23. The SMILES string of the molecule is COc1ccc(S(=O)(=O)N2CCc3cnc(N4CCOCC4)nc3C2)c(C)c1. The number of nitrogens with zero attached hydrogens (tertiary/aromatic N) is 4. The molecule has 0 atom stereocenters. The zero-order chi connectivity index (χ0) is 19.7. The van der Waals surface area contributed by atoms with E-state index in [9.17, 15) is 8.42 Å². The number of aryl methyl sites for hydroxylation is 1. The number of methoxy groups -OCH3 is 1. The molecule has 0 unspecified atom stereocenters. The molecule has 4 rings (SSSR count). The van der Waals surface area contributed by atoms with Crippen molar-refractivity contribution >= 4 is 16.0 Å². The summed E-state index contributed by atoms with van der Waals surface area (Å²) in [4.78, 5) is 11.5. The predicted octanol–water partition coefficient (Wildman–Crippen LogP) is 1.38. The van der Waals surface area contributed by atoms with Crippen LogP contribution in [0.3, 0.4) is 0 Å². The lowest BCUT2D eigenvalue weighted by molar-refractivity contribution is 0.122. The molecule has 3 heterocycles. The maximum atomic E-state index is 13.2. The van der Waals surface area contributed by atoms with Crippen molar-refractivity contribution in [2.75, 3.05) is 44.9 Å². The molecule has 1 fully saturated rings. The topological polar surface area (TPSA) is 84.9 Å². The van der Waals surface area contributed by atoms with E-state index in [2.05, 4.69) is 14.9 Å². The summed E-state index contributed by atoms with van der Waals surface area (Å²) in [6.45, 7) is 5.24. The van der Waals surface area contributed by atoms with E-state index < -0.39 is 10.0 Å². The Morgan fingerprint density at radius 1 is 1.18 bits per heavy atom. The molecular weight excluding hydrogens is 380 g/mol. The van der Waals surface area contributed by atoms with Gasteiger partial charge in [0.2, 0.25) is 16.0 Å². The average Bonchev–Trinajstić information content (AvgIpc) is 2.73. The molecule has 1 aromatic heterocycles. The van der Waals surface area contributed by atoms with Crippen LogP contribution in [0.25, 0.3) is 0 Å². The third-order valence-corrected chi connectivity index (χ3v) is 7.20. The number of aromatic nitrogens is 2. The van der Waals surface area contributed by atoms with Crippen molar-refractivity contribution in [3.63, 3.8) is 0 Å². The number of ether oxygens (including phenoxy) is 2. The molecule has 2 aromatic rings. The summed E-state index contributed by atoms with van der Waals surface area (Å²) in [5.74, 6) is 1.28. The lowest BCUT2D eigenvalue weighted by atomic mass is 10.1. The number of anilines is 1. The molecule has 2 aliphatic rings. The van der Waals surface area contributed by atoms with Crippen LogP contribution in [0.15, 0.2) is 29.3 Å². The highest BCUT2D eigenvalue weighted by Crippen LogP contribution is 2.28. The molecule has 0 amide bonds. The first-order valence-electron chi connectivity index (χ1n) is 9.31. The number of hydrogen-bond donors (Lipinski definition) is 0. The third-order valence-electron chi connectivity index (χ3n) is 5.19. The van der Waals surface area contributed by atoms with Crippen LogP contribution < -0.4 is 9.64 Å². The van der Waals surface area contributed by atoms with Gasteiger partial charge in [-0.1, -0.05) is 0 Å². The number of rotatable bonds is 4. The Balaban J connectivity index is 1.60. The van der Waals surface area contributed by atoms with Crippen molar-refractivity contribution in [1.29, 1.82) is 0 Å². The molecule has 0 N–H and O–H groups in total. The van der Waals surface area contributed by atoms with Gasteiger partial charge in [0.15, 0.2) is 0 Å². The molecule has 0 radical (unpaired) electrons. The second kappa shape index (κ2) is 7.65. The molecule has 1 aromatic carbocycles. The van der Waals surface area contributed by atoms with E-state index in [0.29, 0.717) is 48.3 Å². The van der Waals surface area contributed by atoms with E-state index in [1.165, 1.54) is 4.31 Å². The van der Waals surface area contributed by atoms with Crippen LogP contribution in [0, 0.1) is 6.92 Å². The fourth-order valence-corrected chi connectivity index (χ4v) is 5.17. The summed E-state index contributed by atoms with van der Waals surface area (Å²) in [5, 5.41) is 0. The number of hydrogen-bond acceptors (Lipinski definition) is 7. The quantitative estimate of drug-likeness (QED) is 0.761. The minimum atomic E-state index is -3.61. The van der Waals surface area contributed by atoms with Crippen LogP contribution in [0.2, 0.25) is 0 Å². The molecule has 0 bridgehead atoms. The van der Waals surface area contributed by atoms with E-state index in [1.807, 2.05) is 6.20 Å². The summed E-state index contributed by atoms with van der Waals surface area (Å²) in [6.07, 6.45) is 2.43. The third kappa shape index (κ3) is 3.57. The monoisotopic (exact) mass is 404 g/mol. The van der Waals surface area contributed by atoms with Crippen LogP contribution in [-0.2, 0) is 27.7 Å². The fourth-order valence-electron chi connectivity index (χ4n) is 3.57. The van der Waals surface area contributed by atoms with Gasteiger partial charge in [-0.25, -0.2) is 18.4 Å². The first-order valence-corrected chi connectivity index (χ1v) is 10.8. The molecule has 8 nitrogen and oxygen atoms in total. The first-order chi connectivity index (χ1) is 13.5. The molecule has 0 saturated carbocycles. The molecule has 0 aliphatic carbocycles. The minimum Gasteiger partial charge on any atom is -0.497 e. The van der Waals surface area contributed by atoms with E-state index in [0.717, 1.165) is 24.3 Å². The molecular formula is C19H24N4O4S. The molecule has 2 aliphatic heterocycles. The van der Waals surface area contributed by atoms with Crippen molar-refractivity contribution in [2.24, 2.45) is 0 Å². The van der Waals surface area contributed by atoms with Gasteiger partial charge in [0.05, 0.1) is 37.5 Å². The summed E-state index contributed by atoms with van der Waals surface area (Å²) in [7, 11) is -2.05. The van der Waals surface area contributed by atoms with Crippen LogP contribution in [0.4, 0.5) is 5.95 Å². The minimum absolute atomic E-state index is 0.253. The van der Waals surface area contributed by atoms with E-state index in [1.54, 1.807) is 32.2 Å². The van der Waals surface area contributed by atoms with Crippen molar-refractivity contribution < 1.29 is 17.9 Å². The van der Waals surface area contributed by atoms with Crippen molar-refractivity contribution in [3.05, 3.63) is 41.2 Å². The second-order valence-electron chi connectivity index (χ2n) is 6.96. The van der Waals surface area contributed by atoms with Gasteiger partial charge < -0.3 is 14.4 Å². The summed E-state index contributed by atoms with van der Waals surface area (Å²) < 4.78 is 38.5. The van der Waals surface area contributed by atoms with Gasteiger partial charge in [0, 0.05) is 25.8 Å². The standard InChI is InChI=1S/C19H24N4O4S/c1-14-11-16(26-2)3-4-18(14)28(24,25)23-6-5-15-12-20-19(21-17(15)13-23)22-7-9-27-10-8-22/h3-4,11-12H,5-10,13H2,1-2H3. The Kier molecular flexibility index (Phi) is 5.22. The average molecular weight is 404 g/mol. The van der Waals surface area contributed by atoms with Crippen LogP contribution >= 0.6 is 0 Å². The molecule has 9 heteroatoms. The van der Waals surface area contributed by atoms with Crippen LogP contribution in [0.5, 0.6) is 5.75 Å². The van der Waals surface area contributed by atoms with E-state index in [-0.39, 0.29) is 6.54 Å². The number of sulfonamides is 1. The van der Waals surface area contributed by atoms with Gasteiger partial charge in [-0.2, -0.15) is 4.31 Å². The fraction of sp³-hybridized carbons (Fsp3) is 0.474. The Morgan fingerprint density at radius 3 is 2.68 bits per heavy atom. The maximum Gasteiger partial charge on any atom is 0.243 e. The van der Waals surface area contributed by atoms with Crippen molar-refractivity contribution in [1.82, 2.24) is 14.3 Å². The Bertz CT molecular complexity index is 974. The Morgan fingerprint density at radius 2 is 1.96 bits per heavy atom. The van der Waals surface area contributed by atoms with E-state index in [4.69, 9.17) is 9.47 Å². The lowest BCUT2D eigenvalue weighted by Crippen LogP contribution is -2.39. The summed E-state index contributed by atoms with van der Waals surface area (Å²) in [5.41, 5.74) is 2.45. The zero-order valence-corrected chi connectivity index (χ0v) is 16.9. The smallest absolute Gasteiger partial charge is 0.243 e. The van der Waals surface area contributed by atoms with Gasteiger partial charge in [-0.05, 0) is 42.7 Å². The highest BCUT2D eigenvalue weighted by molar-refractivity contribution is 7.89. The highest BCUT2D eigenvalue weighted by atomic mass is 32.2. The normalized spacial score (nSPS) is 18.0. The Labute approximate surface area is 165 Å². The summed E-state index contributed by atoms with van der Waals surface area (Å²) >= 11 is 0. The maximum absolute atomic E-state index is 13.2.